The predicted molar refractivity (Wildman–Crippen MR) is 159 cm³/mol. The van der Waals surface area contributed by atoms with E-state index in [1.807, 2.05) is 66.4 Å². The van der Waals surface area contributed by atoms with E-state index in [1.54, 1.807) is 32.4 Å². The van der Waals surface area contributed by atoms with Crippen molar-refractivity contribution in [1.82, 2.24) is 14.9 Å². The Morgan fingerprint density at radius 1 is 0.925 bits per heavy atom. The molecule has 0 aliphatic carbocycles. The molecule has 4 aromatic rings. The molecular weight excluding hydrogens is 526 g/mol. The summed E-state index contributed by atoms with van der Waals surface area (Å²) in [6.07, 6.45) is 0.686. The minimum Gasteiger partial charge on any atom is -0.497 e. The standard InChI is InChI=1S/C31H32ClN5O3/c1-21-26(19-22-9-11-24(32)12-10-22)30(35-29(33-21)23-7-5-4-6-8-23)36-15-17-37(18-16-36)31(38)34-27-14-13-25(39-2)20-28(27)40-3/h4-14,20H,15-19H2,1-3H3,(H,34,38). The number of anilines is 2. The molecule has 206 valence electrons. The van der Waals surface area contributed by atoms with Crippen molar-refractivity contribution in [3.8, 4) is 22.9 Å². The van der Waals surface area contributed by atoms with Gasteiger partial charge in [0.1, 0.15) is 17.3 Å². The van der Waals surface area contributed by atoms with E-state index in [4.69, 9.17) is 31.0 Å². The lowest BCUT2D eigenvalue weighted by Crippen LogP contribution is -2.50. The summed E-state index contributed by atoms with van der Waals surface area (Å²) < 4.78 is 10.7. The van der Waals surface area contributed by atoms with Gasteiger partial charge in [-0.25, -0.2) is 14.8 Å². The Morgan fingerprint density at radius 3 is 2.33 bits per heavy atom. The molecule has 0 spiro atoms. The van der Waals surface area contributed by atoms with Gasteiger partial charge < -0.3 is 24.6 Å². The van der Waals surface area contributed by atoms with Crippen LogP contribution in [-0.4, -0.2) is 61.3 Å². The highest BCUT2D eigenvalue weighted by Crippen LogP contribution is 2.31. The van der Waals surface area contributed by atoms with E-state index in [1.165, 1.54) is 0 Å². The van der Waals surface area contributed by atoms with Crippen LogP contribution in [0.3, 0.4) is 0 Å². The van der Waals surface area contributed by atoms with Crippen LogP contribution in [0.25, 0.3) is 11.4 Å². The van der Waals surface area contributed by atoms with Crippen LogP contribution in [0, 0.1) is 6.92 Å². The zero-order valence-corrected chi connectivity index (χ0v) is 23.6. The zero-order valence-electron chi connectivity index (χ0n) is 22.9. The number of nitrogens with zero attached hydrogens (tertiary/aromatic N) is 4. The summed E-state index contributed by atoms with van der Waals surface area (Å²) in [6, 6.07) is 23.0. The summed E-state index contributed by atoms with van der Waals surface area (Å²) in [6.45, 7) is 4.43. The average Bonchev–Trinajstić information content (AvgIpc) is 2.99. The Bertz CT molecular complexity index is 1470. The number of aryl methyl sites for hydroxylation is 1. The number of amides is 2. The van der Waals surface area contributed by atoms with Gasteiger partial charge in [-0.3, -0.25) is 0 Å². The quantitative estimate of drug-likeness (QED) is 0.297. The number of hydrogen-bond acceptors (Lipinski definition) is 6. The van der Waals surface area contributed by atoms with Crippen LogP contribution < -0.4 is 19.7 Å². The van der Waals surface area contributed by atoms with E-state index >= 15 is 0 Å². The van der Waals surface area contributed by atoms with Gasteiger partial charge in [0.25, 0.3) is 0 Å². The largest absolute Gasteiger partial charge is 0.497 e. The molecule has 1 fully saturated rings. The molecule has 1 aliphatic heterocycles. The molecule has 2 amide bonds. The normalized spacial score (nSPS) is 13.2. The second kappa shape index (κ2) is 12.3. The maximum Gasteiger partial charge on any atom is 0.322 e. The first kappa shape index (κ1) is 27.3. The molecule has 0 atom stereocenters. The maximum absolute atomic E-state index is 13.1. The van der Waals surface area contributed by atoms with Crippen molar-refractivity contribution in [1.29, 1.82) is 0 Å². The van der Waals surface area contributed by atoms with Crippen molar-refractivity contribution in [2.75, 3.05) is 50.6 Å². The van der Waals surface area contributed by atoms with Crippen molar-refractivity contribution in [3.05, 3.63) is 94.6 Å². The smallest absolute Gasteiger partial charge is 0.322 e. The van der Waals surface area contributed by atoms with Gasteiger partial charge in [-0.1, -0.05) is 54.1 Å². The summed E-state index contributed by atoms with van der Waals surface area (Å²) >= 11 is 6.13. The molecule has 0 bridgehead atoms. The number of halogens is 1. The number of aromatic nitrogens is 2. The fraction of sp³-hybridized carbons (Fsp3) is 0.258. The van der Waals surface area contributed by atoms with Crippen molar-refractivity contribution < 1.29 is 14.3 Å². The minimum absolute atomic E-state index is 0.173. The Balaban J connectivity index is 1.36. The van der Waals surface area contributed by atoms with E-state index in [-0.39, 0.29) is 6.03 Å². The van der Waals surface area contributed by atoms with Gasteiger partial charge in [0, 0.05) is 60.5 Å². The Labute approximate surface area is 239 Å². The topological polar surface area (TPSA) is 79.8 Å². The van der Waals surface area contributed by atoms with E-state index in [0.29, 0.717) is 60.6 Å². The number of ether oxygens (including phenoxy) is 2. The SMILES string of the molecule is COc1ccc(NC(=O)N2CCN(c3nc(-c4ccccc4)nc(C)c3Cc3ccc(Cl)cc3)CC2)c(OC)c1. The number of methoxy groups -OCH3 is 2. The van der Waals surface area contributed by atoms with Crippen LogP contribution in [0.2, 0.25) is 5.02 Å². The lowest BCUT2D eigenvalue weighted by atomic mass is 10.0. The second-order valence-corrected chi connectivity index (χ2v) is 10.0. The Kier molecular flexibility index (Phi) is 8.36. The predicted octanol–water partition coefficient (Wildman–Crippen LogP) is 6.07. The first-order valence-corrected chi connectivity index (χ1v) is 13.5. The highest BCUT2D eigenvalue weighted by Gasteiger charge is 2.26. The fourth-order valence-electron chi connectivity index (χ4n) is 4.79. The first-order valence-electron chi connectivity index (χ1n) is 13.2. The molecule has 8 nitrogen and oxygen atoms in total. The van der Waals surface area contributed by atoms with E-state index in [2.05, 4.69) is 10.2 Å². The number of carbonyl (C=O) groups excluding carboxylic acids is 1. The molecule has 0 saturated carbocycles. The van der Waals surface area contributed by atoms with Crippen molar-refractivity contribution in [2.45, 2.75) is 13.3 Å². The molecule has 1 aliphatic rings. The molecule has 1 N–H and O–H groups in total. The molecule has 0 radical (unpaired) electrons. The number of rotatable bonds is 7. The number of benzene rings is 3. The first-order chi connectivity index (χ1) is 19.4. The number of nitrogens with one attached hydrogen (secondary N) is 1. The number of piperazine rings is 1. The van der Waals surface area contributed by atoms with Gasteiger partial charge >= 0.3 is 6.03 Å². The highest BCUT2D eigenvalue weighted by molar-refractivity contribution is 6.30. The molecule has 40 heavy (non-hydrogen) atoms. The lowest BCUT2D eigenvalue weighted by molar-refractivity contribution is 0.208. The monoisotopic (exact) mass is 557 g/mol. The summed E-state index contributed by atoms with van der Waals surface area (Å²) in [7, 11) is 3.16. The van der Waals surface area contributed by atoms with Gasteiger partial charge in [0.15, 0.2) is 5.82 Å². The summed E-state index contributed by atoms with van der Waals surface area (Å²) in [5.41, 5.74) is 4.71. The van der Waals surface area contributed by atoms with E-state index < -0.39 is 0 Å². The average molecular weight is 558 g/mol. The molecule has 2 heterocycles. The molecule has 5 rings (SSSR count). The number of hydrogen-bond donors (Lipinski definition) is 1. The maximum atomic E-state index is 13.1. The van der Waals surface area contributed by atoms with Crippen LogP contribution >= 0.6 is 11.6 Å². The third kappa shape index (κ3) is 6.13. The minimum atomic E-state index is -0.173. The number of urea groups is 1. The highest BCUT2D eigenvalue weighted by atomic mass is 35.5. The Morgan fingerprint density at radius 2 is 1.65 bits per heavy atom. The van der Waals surface area contributed by atoms with E-state index in [9.17, 15) is 4.79 Å². The van der Waals surface area contributed by atoms with Gasteiger partial charge in [-0.05, 0) is 36.8 Å². The van der Waals surface area contributed by atoms with Crippen molar-refractivity contribution in [2.24, 2.45) is 0 Å². The van der Waals surface area contributed by atoms with Crippen LogP contribution in [0.15, 0.2) is 72.8 Å². The van der Waals surface area contributed by atoms with E-state index in [0.717, 1.165) is 28.2 Å². The van der Waals surface area contributed by atoms with Crippen LogP contribution in [0.4, 0.5) is 16.3 Å². The molecule has 3 aromatic carbocycles. The molecule has 1 aromatic heterocycles. The second-order valence-electron chi connectivity index (χ2n) is 9.57. The summed E-state index contributed by atoms with van der Waals surface area (Å²) in [5, 5.41) is 3.68. The van der Waals surface area contributed by atoms with Gasteiger partial charge in [0.05, 0.1) is 19.9 Å². The Hall–Kier alpha value is -4.30. The molecule has 9 heteroatoms. The van der Waals surface area contributed by atoms with Gasteiger partial charge in [-0.2, -0.15) is 0 Å². The van der Waals surface area contributed by atoms with Crippen LogP contribution in [0.1, 0.15) is 16.8 Å². The summed E-state index contributed by atoms with van der Waals surface area (Å²) in [5.74, 6) is 2.80. The van der Waals surface area contributed by atoms with Gasteiger partial charge in [0.2, 0.25) is 0 Å². The molecule has 0 unspecified atom stereocenters. The zero-order chi connectivity index (χ0) is 28.1. The van der Waals surface area contributed by atoms with Crippen LogP contribution in [-0.2, 0) is 6.42 Å². The van der Waals surface area contributed by atoms with Crippen LogP contribution in [0.5, 0.6) is 11.5 Å². The lowest BCUT2D eigenvalue weighted by Gasteiger charge is -2.36. The van der Waals surface area contributed by atoms with Crippen molar-refractivity contribution >= 4 is 29.1 Å². The number of carbonyl (C=O) groups is 1. The molecule has 1 saturated heterocycles. The third-order valence-electron chi connectivity index (χ3n) is 7.03. The summed E-state index contributed by atoms with van der Waals surface area (Å²) in [4.78, 5) is 27.1. The van der Waals surface area contributed by atoms with Crippen molar-refractivity contribution in [3.63, 3.8) is 0 Å². The molecular formula is C31H32ClN5O3. The third-order valence-corrected chi connectivity index (χ3v) is 7.29. The fourth-order valence-corrected chi connectivity index (χ4v) is 4.92. The van der Waals surface area contributed by atoms with Gasteiger partial charge in [-0.15, -0.1) is 0 Å².